The van der Waals surface area contributed by atoms with Gasteiger partial charge in [-0.05, 0) is 17.7 Å². The van der Waals surface area contributed by atoms with Gasteiger partial charge in [0.05, 0.1) is 11.6 Å². The molecule has 3 heteroatoms. The number of benzene rings is 1. The monoisotopic (exact) mass is 176 g/mol. The van der Waals surface area contributed by atoms with Crippen molar-refractivity contribution >= 4 is 6.21 Å². The molecule has 0 radical (unpaired) electrons. The molecular weight excluding hydrogens is 167 g/mol. The number of hydrogen-bond acceptors (Lipinski definition) is 2. The molecule has 13 heavy (non-hydrogen) atoms. The van der Waals surface area contributed by atoms with E-state index in [1.165, 1.54) is 12.3 Å². The van der Waals surface area contributed by atoms with Crippen molar-refractivity contribution < 1.29 is 4.39 Å². The Hall–Kier alpha value is -1.69. The van der Waals surface area contributed by atoms with Crippen molar-refractivity contribution in [3.05, 3.63) is 35.1 Å². The second-order valence-corrected chi connectivity index (χ2v) is 2.80. The Bertz CT molecular complexity index is 366. The van der Waals surface area contributed by atoms with E-state index in [1.54, 1.807) is 19.1 Å². The fraction of sp³-hybridized carbons (Fsp3) is 0.200. The molecule has 0 heterocycles. The summed E-state index contributed by atoms with van der Waals surface area (Å²) in [6, 6.07) is 6.14. The molecule has 66 valence electrons. The first-order chi connectivity index (χ1) is 6.19. The number of rotatable bonds is 2. The van der Waals surface area contributed by atoms with Crippen molar-refractivity contribution in [2.24, 2.45) is 0 Å². The Morgan fingerprint density at radius 1 is 1.62 bits per heavy atom. The van der Waals surface area contributed by atoms with Gasteiger partial charge in [0.2, 0.25) is 0 Å². The minimum absolute atomic E-state index is 0.243. The number of hydrogen-bond donors (Lipinski definition) is 1. The molecule has 0 spiro atoms. The van der Waals surface area contributed by atoms with E-state index in [0.29, 0.717) is 11.1 Å². The van der Waals surface area contributed by atoms with E-state index in [-0.39, 0.29) is 5.92 Å². The molecule has 1 atom stereocenters. The Morgan fingerprint density at radius 2 is 2.31 bits per heavy atom. The summed E-state index contributed by atoms with van der Waals surface area (Å²) in [5.41, 5.74) is 0.757. The highest BCUT2D eigenvalue weighted by Crippen LogP contribution is 2.17. The third-order valence-electron chi connectivity index (χ3n) is 1.87. The van der Waals surface area contributed by atoms with Crippen LogP contribution in [0.4, 0.5) is 4.39 Å². The van der Waals surface area contributed by atoms with Crippen LogP contribution in [0, 0.1) is 22.6 Å². The van der Waals surface area contributed by atoms with Crippen LogP contribution in [0.25, 0.3) is 0 Å². The van der Waals surface area contributed by atoms with E-state index < -0.39 is 5.82 Å². The number of nitriles is 1. The molecule has 0 aliphatic heterocycles. The molecule has 0 amide bonds. The van der Waals surface area contributed by atoms with Gasteiger partial charge in [0, 0.05) is 12.1 Å². The summed E-state index contributed by atoms with van der Waals surface area (Å²) in [6.45, 7) is 1.73. The predicted molar refractivity (Wildman–Crippen MR) is 48.3 cm³/mol. The van der Waals surface area contributed by atoms with Gasteiger partial charge in [-0.1, -0.05) is 13.0 Å². The normalized spacial score (nSPS) is 11.8. The molecule has 1 aromatic rings. The van der Waals surface area contributed by atoms with Gasteiger partial charge in [0.1, 0.15) is 5.82 Å². The lowest BCUT2D eigenvalue weighted by Crippen LogP contribution is -1.98. The van der Waals surface area contributed by atoms with E-state index in [1.807, 2.05) is 6.07 Å². The smallest absolute Gasteiger partial charge is 0.128 e. The quantitative estimate of drug-likeness (QED) is 0.691. The molecule has 0 aliphatic carbocycles. The lowest BCUT2D eigenvalue weighted by molar-refractivity contribution is 0.608. The number of halogens is 1. The zero-order chi connectivity index (χ0) is 9.84. The highest BCUT2D eigenvalue weighted by molar-refractivity contribution is 5.64. The predicted octanol–water partition coefficient (Wildman–Crippen LogP) is 2.45. The largest absolute Gasteiger partial charge is 0.312 e. The fourth-order valence-corrected chi connectivity index (χ4v) is 1.06. The maximum atomic E-state index is 13.2. The molecule has 0 bridgehead atoms. The molecule has 0 aliphatic rings. The minimum atomic E-state index is -0.421. The summed E-state index contributed by atoms with van der Waals surface area (Å²) in [7, 11) is 0. The second-order valence-electron chi connectivity index (χ2n) is 2.80. The highest BCUT2D eigenvalue weighted by Gasteiger charge is 2.08. The van der Waals surface area contributed by atoms with Gasteiger partial charge in [-0.15, -0.1) is 0 Å². The molecule has 1 unspecified atom stereocenters. The maximum absolute atomic E-state index is 13.2. The van der Waals surface area contributed by atoms with Crippen LogP contribution in [0.15, 0.2) is 18.2 Å². The first kappa shape index (κ1) is 9.40. The van der Waals surface area contributed by atoms with E-state index in [4.69, 9.17) is 10.7 Å². The Balaban J connectivity index is 3.13. The Kier molecular flexibility index (Phi) is 2.76. The van der Waals surface area contributed by atoms with Gasteiger partial charge in [0.15, 0.2) is 0 Å². The average Bonchev–Trinajstić information content (AvgIpc) is 2.16. The number of nitrogens with zero attached hydrogens (tertiary/aromatic N) is 1. The lowest BCUT2D eigenvalue weighted by atomic mass is 10.0. The number of nitrogens with one attached hydrogen (secondary N) is 1. The summed E-state index contributed by atoms with van der Waals surface area (Å²) in [6.07, 6.45) is 1.17. The van der Waals surface area contributed by atoms with Crippen LogP contribution in [-0.4, -0.2) is 6.21 Å². The van der Waals surface area contributed by atoms with Crippen molar-refractivity contribution in [2.45, 2.75) is 12.8 Å². The van der Waals surface area contributed by atoms with Crippen molar-refractivity contribution in [3.63, 3.8) is 0 Å². The van der Waals surface area contributed by atoms with Crippen LogP contribution >= 0.6 is 0 Å². The first-order valence-corrected chi connectivity index (χ1v) is 3.89. The van der Waals surface area contributed by atoms with Gasteiger partial charge in [0.25, 0.3) is 0 Å². The average molecular weight is 176 g/mol. The zero-order valence-corrected chi connectivity index (χ0v) is 7.21. The molecule has 0 fully saturated rings. The molecule has 2 nitrogen and oxygen atoms in total. The molecule has 0 saturated carbocycles. The van der Waals surface area contributed by atoms with Crippen molar-refractivity contribution in [1.29, 1.82) is 10.7 Å². The van der Waals surface area contributed by atoms with Crippen LogP contribution in [0.3, 0.4) is 0 Å². The maximum Gasteiger partial charge on any atom is 0.128 e. The lowest BCUT2D eigenvalue weighted by Gasteiger charge is -2.06. The van der Waals surface area contributed by atoms with E-state index >= 15 is 0 Å². The highest BCUT2D eigenvalue weighted by atomic mass is 19.1. The van der Waals surface area contributed by atoms with Crippen LogP contribution < -0.4 is 0 Å². The molecule has 0 aromatic heterocycles. The van der Waals surface area contributed by atoms with E-state index in [0.717, 1.165) is 0 Å². The van der Waals surface area contributed by atoms with Gasteiger partial charge >= 0.3 is 0 Å². The van der Waals surface area contributed by atoms with Crippen molar-refractivity contribution in [2.75, 3.05) is 0 Å². The SMILES string of the molecule is CC(C=N)c1ccc(C#N)cc1F. The standard InChI is InChI=1S/C10H9FN2/c1-7(5-12)9-3-2-8(6-13)4-10(9)11/h2-5,7,12H,1H3. The Morgan fingerprint density at radius 3 is 2.77 bits per heavy atom. The fourth-order valence-electron chi connectivity index (χ4n) is 1.06. The molecule has 1 rings (SSSR count). The van der Waals surface area contributed by atoms with E-state index in [2.05, 4.69) is 0 Å². The van der Waals surface area contributed by atoms with Gasteiger partial charge < -0.3 is 5.41 Å². The van der Waals surface area contributed by atoms with E-state index in [9.17, 15) is 4.39 Å². The summed E-state index contributed by atoms with van der Waals surface area (Å²) in [5, 5.41) is 15.5. The van der Waals surface area contributed by atoms with Crippen LogP contribution in [0.2, 0.25) is 0 Å². The third-order valence-corrected chi connectivity index (χ3v) is 1.87. The van der Waals surface area contributed by atoms with Crippen LogP contribution in [0.5, 0.6) is 0 Å². The molecule has 1 N–H and O–H groups in total. The summed E-state index contributed by atoms with van der Waals surface area (Å²) in [4.78, 5) is 0. The van der Waals surface area contributed by atoms with Crippen LogP contribution in [-0.2, 0) is 0 Å². The second kappa shape index (κ2) is 3.81. The summed E-state index contributed by atoms with van der Waals surface area (Å²) < 4.78 is 13.2. The molecule has 1 aromatic carbocycles. The van der Waals surface area contributed by atoms with Gasteiger partial charge in [-0.3, -0.25) is 0 Å². The summed E-state index contributed by atoms with van der Waals surface area (Å²) >= 11 is 0. The minimum Gasteiger partial charge on any atom is -0.312 e. The molecule has 0 saturated heterocycles. The summed E-state index contributed by atoms with van der Waals surface area (Å²) in [5.74, 6) is -0.664. The molecular formula is C10H9FN2. The van der Waals surface area contributed by atoms with Crippen LogP contribution in [0.1, 0.15) is 24.0 Å². The van der Waals surface area contributed by atoms with Crippen molar-refractivity contribution in [1.82, 2.24) is 0 Å². The van der Waals surface area contributed by atoms with Crippen molar-refractivity contribution in [3.8, 4) is 6.07 Å². The van der Waals surface area contributed by atoms with Gasteiger partial charge in [-0.25, -0.2) is 4.39 Å². The first-order valence-electron chi connectivity index (χ1n) is 3.89. The Labute approximate surface area is 76.1 Å². The topological polar surface area (TPSA) is 47.6 Å². The van der Waals surface area contributed by atoms with Gasteiger partial charge in [-0.2, -0.15) is 5.26 Å². The zero-order valence-electron chi connectivity index (χ0n) is 7.21. The third kappa shape index (κ3) is 1.91.